The van der Waals surface area contributed by atoms with E-state index in [1.54, 1.807) is 62.4 Å². The van der Waals surface area contributed by atoms with E-state index in [0.29, 0.717) is 33.6 Å². The lowest BCUT2D eigenvalue weighted by molar-refractivity contribution is -0.117. The molecule has 2 aromatic heterocycles. The number of benzene rings is 2. The zero-order chi connectivity index (χ0) is 25.8. The van der Waals surface area contributed by atoms with Crippen LogP contribution in [0.1, 0.15) is 28.6 Å². The minimum atomic E-state index is -0.706. The van der Waals surface area contributed by atoms with Gasteiger partial charge in [-0.1, -0.05) is 24.3 Å². The van der Waals surface area contributed by atoms with Gasteiger partial charge in [0.2, 0.25) is 5.91 Å². The van der Waals surface area contributed by atoms with E-state index in [-0.39, 0.29) is 28.8 Å². The number of anilines is 2. The molecule has 0 aliphatic rings. The van der Waals surface area contributed by atoms with E-state index in [9.17, 15) is 20.0 Å². The predicted octanol–water partition coefficient (Wildman–Crippen LogP) is 4.43. The van der Waals surface area contributed by atoms with Gasteiger partial charge in [0.05, 0.1) is 18.0 Å². The molecule has 1 atom stereocenters. The van der Waals surface area contributed by atoms with Crippen molar-refractivity contribution in [2.75, 3.05) is 10.6 Å². The topological polar surface area (TPSA) is 154 Å². The number of furan rings is 1. The molecular weight excluding hydrogens is 458 g/mol. The Hall–Kier alpha value is -4.94. The Labute approximate surface area is 207 Å². The van der Waals surface area contributed by atoms with Crippen molar-refractivity contribution in [3.63, 3.8) is 0 Å². The average Bonchev–Trinajstić information content (AvgIpc) is 3.40. The summed E-state index contributed by atoms with van der Waals surface area (Å²) >= 11 is 0. The molecule has 0 bridgehead atoms. The Morgan fingerprint density at radius 3 is 2.56 bits per heavy atom. The van der Waals surface area contributed by atoms with Gasteiger partial charge in [-0.05, 0) is 61.4 Å². The predicted molar refractivity (Wildman–Crippen MR) is 135 cm³/mol. The zero-order valence-electron chi connectivity index (χ0n) is 19.6. The molecule has 0 saturated heterocycles. The summed E-state index contributed by atoms with van der Waals surface area (Å²) < 4.78 is 5.17. The number of nitrogens with one attached hydrogen (secondary N) is 2. The highest BCUT2D eigenvalue weighted by atomic mass is 16.3. The average molecular weight is 482 g/mol. The van der Waals surface area contributed by atoms with Crippen LogP contribution in [0.4, 0.5) is 11.5 Å². The first-order valence-electron chi connectivity index (χ1n) is 11.0. The van der Waals surface area contributed by atoms with Gasteiger partial charge in [-0.2, -0.15) is 5.26 Å². The number of nitrogens with zero attached hydrogens (tertiary/aromatic N) is 2. The number of aromatic hydroxyl groups is 1. The maximum absolute atomic E-state index is 12.8. The van der Waals surface area contributed by atoms with Gasteiger partial charge >= 0.3 is 0 Å². The summed E-state index contributed by atoms with van der Waals surface area (Å²) in [5.41, 5.74) is 8.75. The van der Waals surface area contributed by atoms with E-state index in [4.69, 9.17) is 10.2 Å². The molecule has 9 nitrogen and oxygen atoms in total. The number of nitriles is 1. The molecule has 0 radical (unpaired) electrons. The molecule has 2 amide bonds. The van der Waals surface area contributed by atoms with E-state index in [0.717, 1.165) is 0 Å². The van der Waals surface area contributed by atoms with Crippen LogP contribution in [0.25, 0.3) is 22.4 Å². The van der Waals surface area contributed by atoms with Crippen LogP contribution in [0.5, 0.6) is 5.75 Å². The summed E-state index contributed by atoms with van der Waals surface area (Å²) in [5.74, 6) is -0.902. The minimum Gasteiger partial charge on any atom is -0.507 e. The highest BCUT2D eigenvalue weighted by Crippen LogP contribution is 2.39. The van der Waals surface area contributed by atoms with Gasteiger partial charge in [-0.25, -0.2) is 4.98 Å². The van der Waals surface area contributed by atoms with Crippen molar-refractivity contribution in [3.05, 3.63) is 83.8 Å². The summed E-state index contributed by atoms with van der Waals surface area (Å²) in [7, 11) is 0. The first kappa shape index (κ1) is 24.2. The molecular formula is C27H23N5O4. The van der Waals surface area contributed by atoms with Crippen molar-refractivity contribution in [1.29, 1.82) is 5.26 Å². The fourth-order valence-electron chi connectivity index (χ4n) is 3.76. The van der Waals surface area contributed by atoms with E-state index in [2.05, 4.69) is 21.7 Å². The summed E-state index contributed by atoms with van der Waals surface area (Å²) in [4.78, 5) is 29.5. The number of phenolic OH excluding ortho intramolecular Hbond substituents is 1. The fraction of sp³-hybridized carbons (Fsp3) is 0.111. The lowest BCUT2D eigenvalue weighted by Crippen LogP contribution is -2.32. The van der Waals surface area contributed by atoms with Crippen LogP contribution < -0.4 is 16.4 Å². The van der Waals surface area contributed by atoms with E-state index in [1.165, 1.54) is 18.4 Å². The smallest absolute Gasteiger partial charge is 0.292 e. The summed E-state index contributed by atoms with van der Waals surface area (Å²) in [6.07, 6.45) is 1.36. The van der Waals surface area contributed by atoms with Crippen LogP contribution in [-0.2, 0) is 4.79 Å². The number of hydrogen-bond acceptors (Lipinski definition) is 7. The van der Waals surface area contributed by atoms with Crippen molar-refractivity contribution >= 4 is 23.3 Å². The first-order chi connectivity index (χ1) is 17.3. The molecule has 36 heavy (non-hydrogen) atoms. The quantitative estimate of drug-likeness (QED) is 0.317. The zero-order valence-corrected chi connectivity index (χ0v) is 19.6. The minimum absolute atomic E-state index is 0.00257. The Morgan fingerprint density at radius 2 is 1.89 bits per heavy atom. The lowest BCUT2D eigenvalue weighted by Gasteiger charge is -2.18. The molecule has 0 saturated carbocycles. The van der Waals surface area contributed by atoms with Gasteiger partial charge < -0.3 is 25.9 Å². The number of pyridine rings is 1. The number of carbonyl (C=O) groups is 2. The Kier molecular flexibility index (Phi) is 6.81. The summed E-state index contributed by atoms with van der Waals surface area (Å²) in [6, 6.07) is 18.1. The number of hydrogen-bond donors (Lipinski definition) is 4. The van der Waals surface area contributed by atoms with Crippen LogP contribution in [0, 0.1) is 18.3 Å². The maximum atomic E-state index is 12.8. The standard InChI is InChI=1S/C27H23N5O4/c1-15-23(17-7-5-8-18(13-17)30-26(34)16(2)29)20(14-28)25(32-27(35)22-11-6-12-36-22)31-24(15)19-9-3-4-10-21(19)33/h3-13,16,33H,29H2,1-2H3,(H,30,34)(H,31,32,35). The van der Waals surface area contributed by atoms with Gasteiger partial charge in [0, 0.05) is 16.8 Å². The molecule has 0 fully saturated rings. The van der Waals surface area contributed by atoms with Gasteiger partial charge in [0.15, 0.2) is 11.6 Å². The second-order valence-corrected chi connectivity index (χ2v) is 8.10. The molecule has 2 aromatic carbocycles. The van der Waals surface area contributed by atoms with Gasteiger partial charge in [0.1, 0.15) is 17.4 Å². The van der Waals surface area contributed by atoms with Crippen LogP contribution in [0.15, 0.2) is 71.3 Å². The largest absolute Gasteiger partial charge is 0.507 e. The van der Waals surface area contributed by atoms with Crippen molar-refractivity contribution < 1.29 is 19.1 Å². The first-order valence-corrected chi connectivity index (χ1v) is 11.0. The van der Waals surface area contributed by atoms with Crippen LogP contribution >= 0.6 is 0 Å². The van der Waals surface area contributed by atoms with Crippen LogP contribution in [0.2, 0.25) is 0 Å². The number of aromatic nitrogens is 1. The molecule has 4 aromatic rings. The van der Waals surface area contributed by atoms with Crippen molar-refractivity contribution in [2.24, 2.45) is 5.73 Å². The fourth-order valence-corrected chi connectivity index (χ4v) is 3.76. The molecule has 1 unspecified atom stereocenters. The van der Waals surface area contributed by atoms with E-state index in [1.807, 2.05) is 0 Å². The summed E-state index contributed by atoms with van der Waals surface area (Å²) in [6.45, 7) is 3.35. The molecule has 4 rings (SSSR count). The normalized spacial score (nSPS) is 11.4. The molecule has 2 heterocycles. The Morgan fingerprint density at radius 1 is 1.11 bits per heavy atom. The number of para-hydroxylation sites is 1. The van der Waals surface area contributed by atoms with Crippen LogP contribution in [-0.4, -0.2) is 27.9 Å². The van der Waals surface area contributed by atoms with Crippen molar-refractivity contribution in [1.82, 2.24) is 4.98 Å². The molecule has 180 valence electrons. The van der Waals surface area contributed by atoms with Crippen LogP contribution in [0.3, 0.4) is 0 Å². The van der Waals surface area contributed by atoms with Gasteiger partial charge in [0.25, 0.3) is 5.91 Å². The highest BCUT2D eigenvalue weighted by Gasteiger charge is 2.23. The summed E-state index contributed by atoms with van der Waals surface area (Å²) in [5, 5.41) is 26.1. The Balaban J connectivity index is 1.93. The number of nitrogens with two attached hydrogens (primary N) is 1. The number of rotatable bonds is 6. The van der Waals surface area contributed by atoms with E-state index < -0.39 is 11.9 Å². The molecule has 0 aliphatic heterocycles. The number of carbonyl (C=O) groups excluding carboxylic acids is 2. The third-order valence-electron chi connectivity index (χ3n) is 5.52. The van der Waals surface area contributed by atoms with Crippen molar-refractivity contribution in [2.45, 2.75) is 19.9 Å². The molecule has 5 N–H and O–H groups in total. The SMILES string of the molecule is Cc1c(-c2ccccc2O)nc(NC(=O)c2ccco2)c(C#N)c1-c1cccc(NC(=O)C(C)N)c1. The number of amides is 2. The number of phenols is 1. The maximum Gasteiger partial charge on any atom is 0.292 e. The monoisotopic (exact) mass is 481 g/mol. The Bertz CT molecular complexity index is 1490. The van der Waals surface area contributed by atoms with Gasteiger partial charge in [-0.15, -0.1) is 0 Å². The molecule has 9 heteroatoms. The van der Waals surface area contributed by atoms with Gasteiger partial charge in [-0.3, -0.25) is 9.59 Å². The lowest BCUT2D eigenvalue weighted by atomic mass is 9.92. The molecule has 0 aliphatic carbocycles. The third-order valence-corrected chi connectivity index (χ3v) is 5.52. The second kappa shape index (κ2) is 10.1. The second-order valence-electron chi connectivity index (χ2n) is 8.10. The highest BCUT2D eigenvalue weighted by molar-refractivity contribution is 6.03. The van der Waals surface area contributed by atoms with Crippen molar-refractivity contribution in [3.8, 4) is 34.2 Å². The third kappa shape index (κ3) is 4.80. The van der Waals surface area contributed by atoms with E-state index >= 15 is 0 Å². The molecule has 0 spiro atoms.